The zero-order valence-corrected chi connectivity index (χ0v) is 14.7. The van der Waals surface area contributed by atoms with Gasteiger partial charge in [-0.15, -0.1) is 0 Å². The molecule has 19 heavy (non-hydrogen) atoms. The van der Waals surface area contributed by atoms with Gasteiger partial charge in [0.05, 0.1) is 0 Å². The van der Waals surface area contributed by atoms with Gasteiger partial charge in [0.15, 0.2) is 0 Å². The third-order valence-corrected chi connectivity index (χ3v) is 6.36. The van der Waals surface area contributed by atoms with Gasteiger partial charge in [0, 0.05) is 0 Å². The number of hydrogen-bond acceptors (Lipinski definition) is 0. The van der Waals surface area contributed by atoms with E-state index in [1.54, 1.807) is 0 Å². The van der Waals surface area contributed by atoms with E-state index < -0.39 is 0 Å². The molecular weight excluding hydrogens is 228 g/mol. The van der Waals surface area contributed by atoms with Gasteiger partial charge in [-0.25, -0.2) is 0 Å². The van der Waals surface area contributed by atoms with E-state index in [4.69, 9.17) is 0 Å². The number of rotatable bonds is 5. The summed E-state index contributed by atoms with van der Waals surface area (Å²) >= 11 is 0. The van der Waals surface area contributed by atoms with Crippen LogP contribution in [0.1, 0.15) is 93.4 Å². The minimum atomic E-state index is 0.486. The first-order chi connectivity index (χ1) is 8.73. The second kappa shape index (κ2) is 6.64. The summed E-state index contributed by atoms with van der Waals surface area (Å²) in [7, 11) is 0. The van der Waals surface area contributed by atoms with E-state index >= 15 is 0 Å². The third-order valence-electron chi connectivity index (χ3n) is 6.36. The molecule has 0 aromatic rings. The van der Waals surface area contributed by atoms with Gasteiger partial charge in [-0.3, -0.25) is 0 Å². The Hall–Kier alpha value is 0. The van der Waals surface area contributed by atoms with Gasteiger partial charge in [-0.05, 0) is 47.8 Å². The monoisotopic (exact) mass is 266 g/mol. The largest absolute Gasteiger partial charge is 0.0654 e. The van der Waals surface area contributed by atoms with Crippen LogP contribution < -0.4 is 0 Å². The standard InChI is InChI=1S/C19H38/c1-8-14-18(4,5)16-12-10-9-11-13-17(16)19(6,7)15(2)3/h15-17H,8-14H2,1-7H3. The molecule has 114 valence electrons. The maximum atomic E-state index is 2.54. The molecule has 1 aliphatic rings. The average Bonchev–Trinajstić information content (AvgIpc) is 2.54. The molecule has 0 N–H and O–H groups in total. The van der Waals surface area contributed by atoms with Crippen LogP contribution in [0.2, 0.25) is 0 Å². The lowest BCUT2D eigenvalue weighted by Crippen LogP contribution is -2.40. The van der Waals surface area contributed by atoms with E-state index in [1.165, 1.54) is 44.9 Å². The molecule has 1 aliphatic carbocycles. The van der Waals surface area contributed by atoms with Crippen molar-refractivity contribution in [2.24, 2.45) is 28.6 Å². The van der Waals surface area contributed by atoms with E-state index in [1.807, 2.05) is 0 Å². The summed E-state index contributed by atoms with van der Waals surface area (Å²) in [5, 5.41) is 0. The second-order valence-electron chi connectivity index (χ2n) is 8.57. The van der Waals surface area contributed by atoms with E-state index in [-0.39, 0.29) is 0 Å². The van der Waals surface area contributed by atoms with Gasteiger partial charge in [0.1, 0.15) is 0 Å². The maximum Gasteiger partial charge on any atom is -0.0300 e. The summed E-state index contributed by atoms with van der Waals surface area (Å²) in [5.74, 6) is 2.62. The van der Waals surface area contributed by atoms with Crippen LogP contribution in [-0.4, -0.2) is 0 Å². The molecule has 1 saturated carbocycles. The Labute approximate surface area is 122 Å². The molecule has 2 atom stereocenters. The Morgan fingerprint density at radius 1 is 0.895 bits per heavy atom. The first-order valence-electron chi connectivity index (χ1n) is 8.73. The Morgan fingerprint density at radius 2 is 1.42 bits per heavy atom. The van der Waals surface area contributed by atoms with Crippen molar-refractivity contribution in [2.45, 2.75) is 93.4 Å². The fourth-order valence-electron chi connectivity index (χ4n) is 4.39. The molecule has 0 spiro atoms. The predicted octanol–water partition coefficient (Wildman–Crippen LogP) is 6.69. The van der Waals surface area contributed by atoms with Crippen LogP contribution in [0.3, 0.4) is 0 Å². The summed E-state index contributed by atoms with van der Waals surface area (Å²) in [5.41, 5.74) is 1.01. The van der Waals surface area contributed by atoms with Gasteiger partial charge in [0.2, 0.25) is 0 Å². The highest BCUT2D eigenvalue weighted by molar-refractivity contribution is 4.93. The molecule has 0 heteroatoms. The van der Waals surface area contributed by atoms with Crippen LogP contribution in [0.4, 0.5) is 0 Å². The maximum absolute atomic E-state index is 2.54. The van der Waals surface area contributed by atoms with Gasteiger partial charge in [-0.1, -0.05) is 74.1 Å². The zero-order chi connectivity index (χ0) is 14.7. The Bertz CT molecular complexity index is 259. The van der Waals surface area contributed by atoms with Gasteiger partial charge in [-0.2, -0.15) is 0 Å². The van der Waals surface area contributed by atoms with E-state index in [2.05, 4.69) is 48.5 Å². The first-order valence-corrected chi connectivity index (χ1v) is 8.73. The quantitative estimate of drug-likeness (QED) is 0.486. The Kier molecular flexibility index (Phi) is 5.96. The number of hydrogen-bond donors (Lipinski definition) is 0. The lowest BCUT2D eigenvalue weighted by atomic mass is 9.57. The van der Waals surface area contributed by atoms with Crippen LogP contribution in [0, 0.1) is 28.6 Å². The first kappa shape index (κ1) is 17.1. The zero-order valence-electron chi connectivity index (χ0n) is 14.7. The topological polar surface area (TPSA) is 0 Å². The van der Waals surface area contributed by atoms with Gasteiger partial charge in [0.25, 0.3) is 0 Å². The molecule has 0 bridgehead atoms. The predicted molar refractivity (Wildman–Crippen MR) is 87.4 cm³/mol. The van der Waals surface area contributed by atoms with Crippen molar-refractivity contribution in [3.05, 3.63) is 0 Å². The van der Waals surface area contributed by atoms with Crippen LogP contribution >= 0.6 is 0 Å². The van der Waals surface area contributed by atoms with Gasteiger partial charge >= 0.3 is 0 Å². The molecule has 2 unspecified atom stereocenters. The van der Waals surface area contributed by atoms with Crippen LogP contribution in [-0.2, 0) is 0 Å². The summed E-state index contributed by atoms with van der Waals surface area (Å²) in [6, 6.07) is 0. The fourth-order valence-corrected chi connectivity index (χ4v) is 4.39. The molecule has 0 saturated heterocycles. The third kappa shape index (κ3) is 3.99. The van der Waals surface area contributed by atoms with Gasteiger partial charge < -0.3 is 0 Å². The Balaban J connectivity index is 3.01. The molecular formula is C19H38. The van der Waals surface area contributed by atoms with Crippen LogP contribution in [0.25, 0.3) is 0 Å². The molecule has 1 rings (SSSR count). The molecule has 0 nitrogen and oxygen atoms in total. The van der Waals surface area contributed by atoms with E-state index in [9.17, 15) is 0 Å². The highest BCUT2D eigenvalue weighted by Gasteiger charge is 2.43. The molecule has 0 aliphatic heterocycles. The summed E-state index contributed by atoms with van der Waals surface area (Å²) in [6.07, 6.45) is 10.0. The average molecular weight is 267 g/mol. The fraction of sp³-hybridized carbons (Fsp3) is 1.00. The minimum Gasteiger partial charge on any atom is -0.0654 e. The Morgan fingerprint density at radius 3 is 1.89 bits per heavy atom. The van der Waals surface area contributed by atoms with Crippen molar-refractivity contribution in [1.82, 2.24) is 0 Å². The van der Waals surface area contributed by atoms with E-state index in [0.29, 0.717) is 10.8 Å². The SMILES string of the molecule is CCCC(C)(C)C1CCCCCC1C(C)(C)C(C)C. The molecule has 0 heterocycles. The molecule has 0 radical (unpaired) electrons. The van der Waals surface area contributed by atoms with Crippen molar-refractivity contribution < 1.29 is 0 Å². The molecule has 0 amide bonds. The highest BCUT2D eigenvalue weighted by atomic mass is 14.5. The van der Waals surface area contributed by atoms with Crippen molar-refractivity contribution in [3.63, 3.8) is 0 Å². The highest BCUT2D eigenvalue weighted by Crippen LogP contribution is 2.52. The summed E-state index contributed by atoms with van der Waals surface area (Å²) < 4.78 is 0. The smallest absolute Gasteiger partial charge is 0.0300 e. The van der Waals surface area contributed by atoms with Crippen LogP contribution in [0.15, 0.2) is 0 Å². The summed E-state index contributed by atoms with van der Waals surface area (Å²) in [6.45, 7) is 17.3. The van der Waals surface area contributed by atoms with Crippen molar-refractivity contribution >= 4 is 0 Å². The summed E-state index contributed by atoms with van der Waals surface area (Å²) in [4.78, 5) is 0. The molecule has 1 fully saturated rings. The van der Waals surface area contributed by atoms with Crippen molar-refractivity contribution in [3.8, 4) is 0 Å². The van der Waals surface area contributed by atoms with E-state index in [0.717, 1.165) is 17.8 Å². The van der Waals surface area contributed by atoms with Crippen LogP contribution in [0.5, 0.6) is 0 Å². The minimum absolute atomic E-state index is 0.486. The van der Waals surface area contributed by atoms with Crippen molar-refractivity contribution in [1.29, 1.82) is 0 Å². The lowest BCUT2D eigenvalue weighted by molar-refractivity contribution is 0.0117. The van der Waals surface area contributed by atoms with Crippen molar-refractivity contribution in [2.75, 3.05) is 0 Å². The second-order valence-corrected chi connectivity index (χ2v) is 8.57. The normalized spacial score (nSPS) is 26.5. The molecule has 0 aromatic heterocycles. The lowest BCUT2D eigenvalue weighted by Gasteiger charge is -2.48. The molecule has 0 aromatic carbocycles.